The Kier molecular flexibility index (Phi) is 8.23. The summed E-state index contributed by atoms with van der Waals surface area (Å²) in [6.45, 7) is 3.29. The van der Waals surface area contributed by atoms with Gasteiger partial charge in [-0.3, -0.25) is 0 Å². The van der Waals surface area contributed by atoms with Gasteiger partial charge in [0.25, 0.3) is 0 Å². The number of ether oxygens (including phenoxy) is 1. The van der Waals surface area contributed by atoms with Gasteiger partial charge in [-0.25, -0.2) is 17.6 Å². The predicted octanol–water partition coefficient (Wildman–Crippen LogP) is 3.01. The summed E-state index contributed by atoms with van der Waals surface area (Å²) in [4.78, 5) is 8.64. The molecule has 1 aromatic carbocycles. The second kappa shape index (κ2) is 10.1. The summed E-state index contributed by atoms with van der Waals surface area (Å²) in [5.41, 5.74) is 0.675. The lowest BCUT2D eigenvalue weighted by atomic mass is 9.92. The molecule has 0 bridgehead atoms. The lowest BCUT2D eigenvalue weighted by Gasteiger charge is -2.22. The number of aliphatic carboxylic acids is 1. The van der Waals surface area contributed by atoms with Crippen LogP contribution in [0.25, 0.3) is 0 Å². The molecule has 1 aliphatic heterocycles. The fourth-order valence-electron chi connectivity index (χ4n) is 3.58. The first-order valence-electron chi connectivity index (χ1n) is 9.46. The molecule has 0 spiro atoms. The first-order chi connectivity index (χ1) is 13.9. The first kappa shape index (κ1) is 24.5. The van der Waals surface area contributed by atoms with Gasteiger partial charge in [0.1, 0.15) is 10.7 Å². The summed E-state index contributed by atoms with van der Waals surface area (Å²) in [6.07, 6.45) is -0.305. The van der Waals surface area contributed by atoms with Crippen LogP contribution in [0.15, 0.2) is 23.1 Å². The summed E-state index contributed by atoms with van der Waals surface area (Å²) in [5, 5.41) is 10.5. The van der Waals surface area contributed by atoms with E-state index < -0.39 is 27.8 Å². The second-order valence-electron chi connectivity index (χ2n) is 7.60. The summed E-state index contributed by atoms with van der Waals surface area (Å²) in [5.74, 6) is -1.20. The normalized spacial score (nSPS) is 22.2. The third kappa shape index (κ3) is 7.51. The average Bonchev–Trinajstić information content (AvgIpc) is 3.41. The van der Waals surface area contributed by atoms with Crippen LogP contribution in [0.5, 0.6) is 0 Å². The van der Waals surface area contributed by atoms with Crippen LogP contribution in [0, 0.1) is 23.6 Å². The molecule has 3 rings (SSSR count). The van der Waals surface area contributed by atoms with Crippen LogP contribution in [0.2, 0.25) is 0 Å². The molecule has 2 aliphatic rings. The SMILES string of the molecule is CS(=O)(=O)c1ccc(COC[C@@H]2C[C@@H]2C2CCNCC2)cc1F.O=C(O)C(F)(F)F. The third-order valence-electron chi connectivity index (χ3n) is 5.21. The fraction of sp³-hybridized carbons (Fsp3) is 0.632. The van der Waals surface area contributed by atoms with Crippen LogP contribution in [0.3, 0.4) is 0 Å². The van der Waals surface area contributed by atoms with Gasteiger partial charge in [0.2, 0.25) is 0 Å². The van der Waals surface area contributed by atoms with E-state index in [0.717, 1.165) is 31.2 Å². The van der Waals surface area contributed by atoms with Crippen molar-refractivity contribution < 1.29 is 40.6 Å². The minimum Gasteiger partial charge on any atom is -0.475 e. The highest BCUT2D eigenvalue weighted by Gasteiger charge is 2.42. The van der Waals surface area contributed by atoms with Gasteiger partial charge < -0.3 is 15.2 Å². The maximum Gasteiger partial charge on any atom is 0.490 e. The zero-order chi connectivity index (χ0) is 22.5. The van der Waals surface area contributed by atoms with Crippen molar-refractivity contribution in [1.29, 1.82) is 0 Å². The van der Waals surface area contributed by atoms with E-state index in [0.29, 0.717) is 24.7 Å². The Balaban J connectivity index is 0.000000396. The third-order valence-corrected chi connectivity index (χ3v) is 6.34. The lowest BCUT2D eigenvalue weighted by Crippen LogP contribution is -2.29. The standard InChI is InChI=1S/C17H24FNO3S.C2HF3O2/c1-23(20,21)17-3-2-12(8-16(17)18)10-22-11-14-9-15(14)13-4-6-19-7-5-13;3-2(4,5)1(6)7/h2-3,8,13-15,19H,4-7,9-11H2,1H3;(H,6,7)/t14-,15+;/m0./s1. The van der Waals surface area contributed by atoms with Gasteiger partial charge >= 0.3 is 12.1 Å². The number of rotatable bonds is 6. The van der Waals surface area contributed by atoms with Crippen molar-refractivity contribution in [2.24, 2.45) is 17.8 Å². The lowest BCUT2D eigenvalue weighted by molar-refractivity contribution is -0.192. The minimum absolute atomic E-state index is 0.255. The van der Waals surface area contributed by atoms with E-state index in [1.54, 1.807) is 6.07 Å². The highest BCUT2D eigenvalue weighted by molar-refractivity contribution is 7.90. The average molecular weight is 455 g/mol. The highest BCUT2D eigenvalue weighted by Crippen LogP contribution is 2.47. The fourth-order valence-corrected chi connectivity index (χ4v) is 4.30. The van der Waals surface area contributed by atoms with Gasteiger partial charge in [-0.2, -0.15) is 13.2 Å². The number of carbonyl (C=O) groups is 1. The van der Waals surface area contributed by atoms with Crippen LogP contribution in [-0.2, 0) is 26.0 Å². The van der Waals surface area contributed by atoms with E-state index >= 15 is 0 Å². The monoisotopic (exact) mass is 455 g/mol. The van der Waals surface area contributed by atoms with Crippen LogP contribution in [0.4, 0.5) is 17.6 Å². The molecule has 1 aliphatic carbocycles. The van der Waals surface area contributed by atoms with Gasteiger partial charge in [-0.15, -0.1) is 0 Å². The van der Waals surface area contributed by atoms with Crippen molar-refractivity contribution >= 4 is 15.8 Å². The van der Waals surface area contributed by atoms with E-state index in [4.69, 9.17) is 14.6 Å². The zero-order valence-electron chi connectivity index (χ0n) is 16.4. The van der Waals surface area contributed by atoms with E-state index in [1.807, 2.05) is 0 Å². The largest absolute Gasteiger partial charge is 0.490 e. The number of carboxylic acids is 1. The summed E-state index contributed by atoms with van der Waals surface area (Å²) < 4.78 is 74.0. The van der Waals surface area contributed by atoms with Crippen molar-refractivity contribution in [3.63, 3.8) is 0 Å². The number of sulfone groups is 1. The van der Waals surface area contributed by atoms with Crippen molar-refractivity contribution in [3.05, 3.63) is 29.6 Å². The summed E-state index contributed by atoms with van der Waals surface area (Å²) in [6, 6.07) is 4.20. The van der Waals surface area contributed by atoms with Crippen LogP contribution >= 0.6 is 0 Å². The number of halogens is 4. The van der Waals surface area contributed by atoms with Gasteiger partial charge in [0, 0.05) is 6.26 Å². The molecule has 2 N–H and O–H groups in total. The van der Waals surface area contributed by atoms with Gasteiger partial charge in [-0.05, 0) is 67.8 Å². The molecular formula is C19H25F4NO5S. The number of benzene rings is 1. The first-order valence-corrected chi connectivity index (χ1v) is 11.4. The Bertz CT molecular complexity index is 838. The van der Waals surface area contributed by atoms with Crippen LogP contribution in [0.1, 0.15) is 24.8 Å². The Labute approximate surface area is 172 Å². The molecule has 1 saturated carbocycles. The molecule has 170 valence electrons. The molecule has 6 nitrogen and oxygen atoms in total. The maximum absolute atomic E-state index is 13.8. The smallest absolute Gasteiger partial charge is 0.475 e. The van der Waals surface area contributed by atoms with E-state index in [9.17, 15) is 26.0 Å². The van der Waals surface area contributed by atoms with Crippen molar-refractivity contribution in [2.75, 3.05) is 26.0 Å². The number of hydrogen-bond donors (Lipinski definition) is 2. The van der Waals surface area contributed by atoms with Gasteiger partial charge in [0.15, 0.2) is 9.84 Å². The van der Waals surface area contributed by atoms with Crippen molar-refractivity contribution in [3.8, 4) is 0 Å². The summed E-state index contributed by atoms with van der Waals surface area (Å²) >= 11 is 0. The number of alkyl halides is 3. The van der Waals surface area contributed by atoms with Crippen LogP contribution in [-0.4, -0.2) is 51.6 Å². The Morgan fingerprint density at radius 1 is 1.27 bits per heavy atom. The van der Waals surface area contributed by atoms with Crippen molar-refractivity contribution in [1.82, 2.24) is 5.32 Å². The minimum atomic E-state index is -5.08. The van der Waals surface area contributed by atoms with Gasteiger partial charge in [-0.1, -0.05) is 6.07 Å². The molecule has 1 saturated heterocycles. The predicted molar refractivity (Wildman–Crippen MR) is 100 cm³/mol. The topological polar surface area (TPSA) is 92.7 Å². The maximum atomic E-state index is 13.8. The van der Waals surface area contributed by atoms with Crippen molar-refractivity contribution in [2.45, 2.75) is 36.9 Å². The number of piperidine rings is 1. The molecule has 2 atom stereocenters. The van der Waals surface area contributed by atoms with E-state index in [2.05, 4.69) is 5.32 Å². The quantitative estimate of drug-likeness (QED) is 0.641. The molecule has 0 amide bonds. The number of hydrogen-bond acceptors (Lipinski definition) is 5. The second-order valence-corrected chi connectivity index (χ2v) is 9.59. The molecule has 0 aromatic heterocycles. The Morgan fingerprint density at radius 2 is 1.87 bits per heavy atom. The molecular weight excluding hydrogens is 430 g/mol. The summed E-state index contributed by atoms with van der Waals surface area (Å²) in [7, 11) is -3.51. The number of carboxylic acid groups (broad SMARTS) is 1. The number of nitrogens with one attached hydrogen (secondary N) is 1. The highest BCUT2D eigenvalue weighted by atomic mass is 32.2. The molecule has 11 heteroatoms. The molecule has 1 aromatic rings. The molecule has 30 heavy (non-hydrogen) atoms. The van der Waals surface area contributed by atoms with Gasteiger partial charge in [0.05, 0.1) is 13.2 Å². The van der Waals surface area contributed by atoms with Crippen LogP contribution < -0.4 is 5.32 Å². The molecule has 2 fully saturated rings. The van der Waals surface area contributed by atoms with E-state index in [1.165, 1.54) is 31.4 Å². The Morgan fingerprint density at radius 3 is 2.37 bits per heavy atom. The molecule has 0 radical (unpaired) electrons. The molecule has 1 heterocycles. The Hall–Kier alpha value is -1.72. The van der Waals surface area contributed by atoms with E-state index in [-0.39, 0.29) is 4.90 Å². The zero-order valence-corrected chi connectivity index (χ0v) is 17.2. The molecule has 0 unspecified atom stereocenters.